The molecule has 1 aliphatic heterocycles. The first kappa shape index (κ1) is 14.3. The number of hydrogen-bond donors (Lipinski definition) is 1. The number of halogens is 1. The minimum Gasteiger partial charge on any atom is -0.497 e. The Kier molecular flexibility index (Phi) is 4.82. The van der Waals surface area contributed by atoms with Gasteiger partial charge in [-0.1, -0.05) is 15.9 Å². The van der Waals surface area contributed by atoms with Gasteiger partial charge in [0.1, 0.15) is 5.75 Å². The van der Waals surface area contributed by atoms with Crippen LogP contribution in [-0.4, -0.2) is 42.2 Å². The molecule has 0 saturated carbocycles. The maximum Gasteiger partial charge on any atom is 0.227 e. The van der Waals surface area contributed by atoms with Gasteiger partial charge in [0.25, 0.3) is 0 Å². The molecule has 5 heteroatoms. The molecule has 0 aliphatic carbocycles. The van der Waals surface area contributed by atoms with Gasteiger partial charge in [0.15, 0.2) is 0 Å². The van der Waals surface area contributed by atoms with Crippen molar-refractivity contribution in [2.75, 3.05) is 20.2 Å². The molecule has 4 nitrogen and oxygen atoms in total. The number of ether oxygens (including phenoxy) is 1. The van der Waals surface area contributed by atoms with Crippen LogP contribution in [0.15, 0.2) is 22.7 Å². The van der Waals surface area contributed by atoms with E-state index >= 15 is 0 Å². The van der Waals surface area contributed by atoms with Crippen LogP contribution in [0.25, 0.3) is 0 Å². The van der Waals surface area contributed by atoms with E-state index in [1.54, 1.807) is 12.0 Å². The normalized spacial score (nSPS) is 19.3. The van der Waals surface area contributed by atoms with Gasteiger partial charge in [-0.15, -0.1) is 0 Å². The fourth-order valence-corrected chi connectivity index (χ4v) is 2.66. The van der Waals surface area contributed by atoms with E-state index in [4.69, 9.17) is 4.74 Å². The molecule has 0 aromatic heterocycles. The van der Waals surface area contributed by atoms with Gasteiger partial charge < -0.3 is 14.7 Å². The summed E-state index contributed by atoms with van der Waals surface area (Å²) in [6, 6.07) is 5.59. The number of β-amino-alcohol motifs (C(OH)–C–C–N with tert-alkyl or cyclic N) is 1. The van der Waals surface area contributed by atoms with Crippen LogP contribution in [0.5, 0.6) is 5.75 Å². The van der Waals surface area contributed by atoms with Crippen molar-refractivity contribution in [1.29, 1.82) is 0 Å². The van der Waals surface area contributed by atoms with Crippen molar-refractivity contribution < 1.29 is 14.6 Å². The minimum absolute atomic E-state index is 0.0488. The van der Waals surface area contributed by atoms with Crippen molar-refractivity contribution in [2.24, 2.45) is 0 Å². The number of aliphatic hydroxyl groups is 1. The highest BCUT2D eigenvalue weighted by Crippen LogP contribution is 2.24. The van der Waals surface area contributed by atoms with E-state index in [0.717, 1.165) is 35.2 Å². The van der Waals surface area contributed by atoms with Gasteiger partial charge in [0, 0.05) is 17.6 Å². The molecule has 1 N–H and O–H groups in total. The number of rotatable bonds is 3. The molecule has 1 amide bonds. The Morgan fingerprint density at radius 1 is 1.58 bits per heavy atom. The van der Waals surface area contributed by atoms with Crippen molar-refractivity contribution in [3.05, 3.63) is 28.2 Å². The Bertz CT molecular complexity index is 464. The maximum atomic E-state index is 12.2. The van der Waals surface area contributed by atoms with E-state index in [9.17, 15) is 9.90 Å². The van der Waals surface area contributed by atoms with Crippen molar-refractivity contribution in [3.63, 3.8) is 0 Å². The maximum absolute atomic E-state index is 12.2. The van der Waals surface area contributed by atoms with Gasteiger partial charge in [-0.3, -0.25) is 4.79 Å². The lowest BCUT2D eigenvalue weighted by Gasteiger charge is -2.30. The Morgan fingerprint density at radius 2 is 2.37 bits per heavy atom. The molecule has 1 aliphatic rings. The Labute approximate surface area is 121 Å². The number of aliphatic hydroxyl groups excluding tert-OH is 1. The number of hydrogen-bond acceptors (Lipinski definition) is 3. The highest BCUT2D eigenvalue weighted by Gasteiger charge is 2.22. The molecule has 19 heavy (non-hydrogen) atoms. The van der Waals surface area contributed by atoms with E-state index in [-0.39, 0.29) is 12.0 Å². The summed E-state index contributed by atoms with van der Waals surface area (Å²) in [5, 5.41) is 9.61. The second-order valence-corrected chi connectivity index (χ2v) is 5.62. The number of methoxy groups -OCH3 is 1. The first-order valence-corrected chi connectivity index (χ1v) is 7.17. The summed E-state index contributed by atoms with van der Waals surface area (Å²) in [7, 11) is 1.61. The predicted molar refractivity (Wildman–Crippen MR) is 76.2 cm³/mol. The SMILES string of the molecule is COc1ccc(Br)c(CC(=O)N2CCCC(O)C2)c1. The third-order valence-electron chi connectivity index (χ3n) is 3.34. The summed E-state index contributed by atoms with van der Waals surface area (Å²) in [6.07, 6.45) is 1.59. The van der Waals surface area contributed by atoms with Gasteiger partial charge in [0.05, 0.1) is 19.6 Å². The summed E-state index contributed by atoms with van der Waals surface area (Å²) in [5.41, 5.74) is 0.907. The zero-order valence-corrected chi connectivity index (χ0v) is 12.5. The second kappa shape index (κ2) is 6.39. The van der Waals surface area contributed by atoms with Gasteiger partial charge in [-0.05, 0) is 36.6 Å². The number of carbonyl (C=O) groups excluding carboxylic acids is 1. The Morgan fingerprint density at radius 3 is 3.05 bits per heavy atom. The van der Waals surface area contributed by atoms with Crippen LogP contribution >= 0.6 is 15.9 Å². The lowest BCUT2D eigenvalue weighted by atomic mass is 10.1. The standard InChI is InChI=1S/C14H18BrNO3/c1-19-12-4-5-13(15)10(7-12)8-14(18)16-6-2-3-11(17)9-16/h4-5,7,11,17H,2-3,6,8-9H2,1H3. The topological polar surface area (TPSA) is 49.8 Å². The molecule has 0 bridgehead atoms. The summed E-state index contributed by atoms with van der Waals surface area (Å²) in [6.45, 7) is 1.18. The largest absolute Gasteiger partial charge is 0.497 e. The first-order valence-electron chi connectivity index (χ1n) is 6.38. The lowest BCUT2D eigenvalue weighted by molar-refractivity contribution is -0.133. The smallest absolute Gasteiger partial charge is 0.227 e. The van der Waals surface area contributed by atoms with Crippen molar-refractivity contribution in [1.82, 2.24) is 4.90 Å². The Balaban J connectivity index is 2.05. The number of likely N-dealkylation sites (tertiary alicyclic amines) is 1. The molecule has 1 aromatic carbocycles. The van der Waals surface area contributed by atoms with Crippen LogP contribution in [-0.2, 0) is 11.2 Å². The number of carbonyl (C=O) groups is 1. The van der Waals surface area contributed by atoms with Crippen LogP contribution in [0.3, 0.4) is 0 Å². The van der Waals surface area contributed by atoms with Gasteiger partial charge in [0.2, 0.25) is 5.91 Å². The number of piperidine rings is 1. The first-order chi connectivity index (χ1) is 9.10. The molecule has 0 spiro atoms. The molecular weight excluding hydrogens is 310 g/mol. The van der Waals surface area contributed by atoms with E-state index in [2.05, 4.69) is 15.9 Å². The van der Waals surface area contributed by atoms with Gasteiger partial charge >= 0.3 is 0 Å². The molecular formula is C14H18BrNO3. The van der Waals surface area contributed by atoms with Gasteiger partial charge in [-0.25, -0.2) is 0 Å². The fraction of sp³-hybridized carbons (Fsp3) is 0.500. The molecule has 0 radical (unpaired) electrons. The second-order valence-electron chi connectivity index (χ2n) is 4.77. The quantitative estimate of drug-likeness (QED) is 0.923. The molecule has 1 aromatic rings. The molecule has 1 fully saturated rings. The highest BCUT2D eigenvalue weighted by atomic mass is 79.9. The summed E-state index contributed by atoms with van der Waals surface area (Å²) in [5.74, 6) is 0.789. The van der Waals surface area contributed by atoms with E-state index in [0.29, 0.717) is 13.0 Å². The van der Waals surface area contributed by atoms with Crippen LogP contribution in [0.4, 0.5) is 0 Å². The highest BCUT2D eigenvalue weighted by molar-refractivity contribution is 9.10. The molecule has 2 rings (SSSR count). The monoisotopic (exact) mass is 327 g/mol. The fourth-order valence-electron chi connectivity index (χ4n) is 2.27. The summed E-state index contributed by atoms with van der Waals surface area (Å²) < 4.78 is 6.07. The summed E-state index contributed by atoms with van der Waals surface area (Å²) >= 11 is 3.45. The molecule has 1 saturated heterocycles. The van der Waals surface area contributed by atoms with Crippen molar-refractivity contribution in [3.8, 4) is 5.75 Å². The minimum atomic E-state index is -0.383. The van der Waals surface area contributed by atoms with Crippen LogP contribution in [0, 0.1) is 0 Å². The van der Waals surface area contributed by atoms with E-state index in [1.165, 1.54) is 0 Å². The van der Waals surface area contributed by atoms with Crippen LogP contribution < -0.4 is 4.74 Å². The molecule has 1 heterocycles. The van der Waals surface area contributed by atoms with Crippen molar-refractivity contribution >= 4 is 21.8 Å². The van der Waals surface area contributed by atoms with Gasteiger partial charge in [-0.2, -0.15) is 0 Å². The summed E-state index contributed by atoms with van der Waals surface area (Å²) in [4.78, 5) is 14.0. The zero-order valence-electron chi connectivity index (χ0n) is 10.9. The van der Waals surface area contributed by atoms with Crippen LogP contribution in [0.1, 0.15) is 18.4 Å². The van der Waals surface area contributed by atoms with E-state index in [1.807, 2.05) is 18.2 Å². The third-order valence-corrected chi connectivity index (χ3v) is 4.12. The Hall–Kier alpha value is -1.07. The lowest BCUT2D eigenvalue weighted by Crippen LogP contribution is -2.42. The van der Waals surface area contributed by atoms with E-state index < -0.39 is 0 Å². The number of amides is 1. The average molecular weight is 328 g/mol. The molecule has 104 valence electrons. The third kappa shape index (κ3) is 3.70. The molecule has 1 unspecified atom stereocenters. The van der Waals surface area contributed by atoms with Crippen LogP contribution in [0.2, 0.25) is 0 Å². The average Bonchev–Trinajstić information content (AvgIpc) is 2.41. The number of benzene rings is 1. The molecule has 1 atom stereocenters. The number of nitrogens with zero attached hydrogens (tertiary/aromatic N) is 1. The zero-order chi connectivity index (χ0) is 13.8. The predicted octanol–water partition coefficient (Wildman–Crippen LogP) is 1.98. The van der Waals surface area contributed by atoms with Crippen molar-refractivity contribution in [2.45, 2.75) is 25.4 Å².